The average Bonchev–Trinajstić information content (AvgIpc) is 2.77. The van der Waals surface area contributed by atoms with Crippen LogP contribution in [0.25, 0.3) is 0 Å². The monoisotopic (exact) mass is 279 g/mol. The van der Waals surface area contributed by atoms with E-state index in [1.165, 1.54) is 5.56 Å². The Labute approximate surface area is 117 Å². The van der Waals surface area contributed by atoms with Crippen LogP contribution in [0, 0.1) is 6.92 Å². The minimum Gasteiger partial charge on any atom is -0.353 e. The third kappa shape index (κ3) is 3.53. The summed E-state index contributed by atoms with van der Waals surface area (Å²) in [6.07, 6.45) is 2.01. The van der Waals surface area contributed by atoms with E-state index in [2.05, 4.69) is 41.0 Å². The first kappa shape index (κ1) is 13.5. The van der Waals surface area contributed by atoms with Crippen LogP contribution in [0.15, 0.2) is 34.3 Å². The van der Waals surface area contributed by atoms with E-state index >= 15 is 0 Å². The molecule has 0 aliphatic carbocycles. The molecule has 0 unspecified atom stereocenters. The molecule has 0 atom stereocenters. The summed E-state index contributed by atoms with van der Waals surface area (Å²) in [5.74, 6) is 1.11. The fourth-order valence-electron chi connectivity index (χ4n) is 1.53. The normalized spacial score (nSPS) is 18.7. The number of hydrogen-bond donors (Lipinski definition) is 0. The van der Waals surface area contributed by atoms with Gasteiger partial charge in [0.15, 0.2) is 10.3 Å². The van der Waals surface area contributed by atoms with Gasteiger partial charge in [-0.3, -0.25) is 0 Å². The highest BCUT2D eigenvalue weighted by Gasteiger charge is 2.15. The molecular weight excluding hydrogens is 262 g/mol. The lowest BCUT2D eigenvalue weighted by atomic mass is 10.2. The maximum absolute atomic E-state index is 4.61. The summed E-state index contributed by atoms with van der Waals surface area (Å²) in [5, 5.41) is 1.88. The molecule has 1 aromatic rings. The smallest absolute Gasteiger partial charge is 0.190 e. The Balaban J connectivity index is 2.20. The Morgan fingerprint density at radius 2 is 2.06 bits per heavy atom. The summed E-state index contributed by atoms with van der Waals surface area (Å²) < 4.78 is 0. The summed E-state index contributed by atoms with van der Waals surface area (Å²) in [6.45, 7) is 3.14. The van der Waals surface area contributed by atoms with Crippen molar-refractivity contribution in [1.29, 1.82) is 0 Å². The molecule has 0 N–H and O–H groups in total. The van der Waals surface area contributed by atoms with Gasteiger partial charge in [-0.1, -0.05) is 41.2 Å². The van der Waals surface area contributed by atoms with Crippen LogP contribution in [0.5, 0.6) is 0 Å². The summed E-state index contributed by atoms with van der Waals surface area (Å²) in [7, 11) is 2.07. The van der Waals surface area contributed by atoms with E-state index in [4.69, 9.17) is 0 Å². The van der Waals surface area contributed by atoms with Gasteiger partial charge in [-0.05, 0) is 25.3 Å². The van der Waals surface area contributed by atoms with Gasteiger partial charge in [-0.15, -0.1) is 0 Å². The minimum atomic E-state index is 0.815. The molecule has 0 radical (unpaired) electrons. The van der Waals surface area contributed by atoms with Crippen LogP contribution >= 0.6 is 23.5 Å². The third-order valence-corrected chi connectivity index (χ3v) is 4.21. The summed E-state index contributed by atoms with van der Waals surface area (Å²) in [6, 6.07) is 8.19. The predicted molar refractivity (Wildman–Crippen MR) is 84.3 cm³/mol. The Morgan fingerprint density at radius 1 is 1.33 bits per heavy atom. The molecule has 0 aromatic heterocycles. The van der Waals surface area contributed by atoms with Crippen molar-refractivity contribution < 1.29 is 0 Å². The molecule has 3 nitrogen and oxygen atoms in total. The van der Waals surface area contributed by atoms with Gasteiger partial charge in [-0.2, -0.15) is 4.99 Å². The highest BCUT2D eigenvalue weighted by atomic mass is 32.2. The number of benzene rings is 1. The molecule has 0 amide bonds. The SMILES string of the molecule is CSC(=Nc1ccc(C)cc1)N=C1SCCN1C. The lowest BCUT2D eigenvalue weighted by Crippen LogP contribution is -2.19. The van der Waals surface area contributed by atoms with Crippen molar-refractivity contribution in [2.75, 3.05) is 25.6 Å². The third-order valence-electron chi connectivity index (χ3n) is 2.62. The van der Waals surface area contributed by atoms with Crippen molar-refractivity contribution in [3.8, 4) is 0 Å². The number of thioether (sulfide) groups is 2. The second-order valence-electron chi connectivity index (χ2n) is 4.10. The van der Waals surface area contributed by atoms with Crippen molar-refractivity contribution in [2.45, 2.75) is 6.92 Å². The Kier molecular flexibility index (Phi) is 4.72. The van der Waals surface area contributed by atoms with E-state index in [1.807, 2.05) is 18.4 Å². The fourth-order valence-corrected chi connectivity index (χ4v) is 2.97. The molecule has 1 aliphatic rings. The van der Waals surface area contributed by atoms with Crippen molar-refractivity contribution >= 4 is 39.5 Å². The fraction of sp³-hybridized carbons (Fsp3) is 0.385. The number of aliphatic imine (C=N–C) groups is 2. The average molecular weight is 279 g/mol. The molecule has 1 aliphatic heterocycles. The topological polar surface area (TPSA) is 28.0 Å². The van der Waals surface area contributed by atoms with Crippen LogP contribution in [0.1, 0.15) is 5.56 Å². The molecule has 1 heterocycles. The minimum absolute atomic E-state index is 0.815. The summed E-state index contributed by atoms with van der Waals surface area (Å²) in [4.78, 5) is 11.4. The lowest BCUT2D eigenvalue weighted by molar-refractivity contribution is 0.564. The van der Waals surface area contributed by atoms with Crippen molar-refractivity contribution in [3.63, 3.8) is 0 Å². The molecule has 96 valence electrons. The molecule has 0 saturated carbocycles. The van der Waals surface area contributed by atoms with Crippen molar-refractivity contribution in [1.82, 2.24) is 4.90 Å². The van der Waals surface area contributed by atoms with Crippen LogP contribution in [0.2, 0.25) is 0 Å². The highest BCUT2D eigenvalue weighted by Crippen LogP contribution is 2.20. The van der Waals surface area contributed by atoms with Crippen LogP contribution < -0.4 is 0 Å². The van der Waals surface area contributed by atoms with Gasteiger partial charge in [-0.25, -0.2) is 4.99 Å². The van der Waals surface area contributed by atoms with Gasteiger partial charge in [0.2, 0.25) is 0 Å². The first-order chi connectivity index (χ1) is 8.69. The number of nitrogens with zero attached hydrogens (tertiary/aromatic N) is 3. The van der Waals surface area contributed by atoms with E-state index in [1.54, 1.807) is 23.5 Å². The van der Waals surface area contributed by atoms with E-state index in [9.17, 15) is 0 Å². The number of aryl methyl sites for hydroxylation is 1. The predicted octanol–water partition coefficient (Wildman–Crippen LogP) is 3.38. The molecule has 1 saturated heterocycles. The number of amidine groups is 2. The maximum Gasteiger partial charge on any atom is 0.190 e. The van der Waals surface area contributed by atoms with Gasteiger partial charge in [0.05, 0.1) is 5.69 Å². The van der Waals surface area contributed by atoms with Gasteiger partial charge < -0.3 is 4.90 Å². The van der Waals surface area contributed by atoms with Crippen LogP contribution in [-0.4, -0.2) is 40.8 Å². The second-order valence-corrected chi connectivity index (χ2v) is 5.93. The van der Waals surface area contributed by atoms with Crippen LogP contribution in [0.3, 0.4) is 0 Å². The molecule has 1 fully saturated rings. The van der Waals surface area contributed by atoms with Gasteiger partial charge >= 0.3 is 0 Å². The zero-order valence-electron chi connectivity index (χ0n) is 10.9. The van der Waals surface area contributed by atoms with Crippen LogP contribution in [0.4, 0.5) is 5.69 Å². The summed E-state index contributed by atoms with van der Waals surface area (Å²) in [5.41, 5.74) is 2.21. The van der Waals surface area contributed by atoms with Crippen molar-refractivity contribution in [2.24, 2.45) is 9.98 Å². The van der Waals surface area contributed by atoms with E-state index in [0.717, 1.165) is 28.3 Å². The molecular formula is C13H17N3S2. The van der Waals surface area contributed by atoms with E-state index in [-0.39, 0.29) is 0 Å². The van der Waals surface area contributed by atoms with Crippen molar-refractivity contribution in [3.05, 3.63) is 29.8 Å². The van der Waals surface area contributed by atoms with Crippen LogP contribution in [-0.2, 0) is 0 Å². The highest BCUT2D eigenvalue weighted by molar-refractivity contribution is 8.15. The molecule has 18 heavy (non-hydrogen) atoms. The van der Waals surface area contributed by atoms with Gasteiger partial charge in [0.1, 0.15) is 0 Å². The summed E-state index contributed by atoms with van der Waals surface area (Å²) >= 11 is 3.37. The molecule has 1 aromatic carbocycles. The maximum atomic E-state index is 4.61. The number of hydrogen-bond acceptors (Lipinski definition) is 3. The first-order valence-electron chi connectivity index (χ1n) is 5.81. The molecule has 2 rings (SSSR count). The van der Waals surface area contributed by atoms with E-state index in [0.29, 0.717) is 0 Å². The Morgan fingerprint density at radius 3 is 2.61 bits per heavy atom. The lowest BCUT2D eigenvalue weighted by Gasteiger charge is -2.09. The zero-order valence-corrected chi connectivity index (χ0v) is 12.5. The quantitative estimate of drug-likeness (QED) is 0.583. The van der Waals surface area contributed by atoms with E-state index < -0.39 is 0 Å². The standard InChI is InChI=1S/C13H17N3S2/c1-10-4-6-11(7-5-10)14-12(17-3)15-13-16(2)8-9-18-13/h4-7H,8-9H2,1-3H3. The molecule has 0 spiro atoms. The zero-order chi connectivity index (χ0) is 13.0. The second kappa shape index (κ2) is 6.29. The Hall–Kier alpha value is -0.940. The Bertz CT molecular complexity index is 466. The molecule has 0 bridgehead atoms. The first-order valence-corrected chi connectivity index (χ1v) is 8.02. The number of rotatable bonds is 1. The molecule has 5 heteroatoms. The largest absolute Gasteiger partial charge is 0.353 e. The van der Waals surface area contributed by atoms with Gasteiger partial charge in [0.25, 0.3) is 0 Å². The van der Waals surface area contributed by atoms with Gasteiger partial charge in [0, 0.05) is 19.3 Å².